The van der Waals surface area contributed by atoms with Gasteiger partial charge in [-0.15, -0.1) is 0 Å². The van der Waals surface area contributed by atoms with Gasteiger partial charge in [-0.2, -0.15) is 8.78 Å². The molecule has 2 N–H and O–H groups in total. The van der Waals surface area contributed by atoms with Crippen LogP contribution in [0.2, 0.25) is 0 Å². The molecule has 1 aromatic rings. The lowest BCUT2D eigenvalue weighted by Gasteiger charge is -2.18. The molecule has 88 valence electrons. The van der Waals surface area contributed by atoms with Crippen LogP contribution in [-0.2, 0) is 0 Å². The summed E-state index contributed by atoms with van der Waals surface area (Å²) in [6.45, 7) is 0. The van der Waals surface area contributed by atoms with Gasteiger partial charge in [0.05, 0.1) is 0 Å². The second kappa shape index (κ2) is 4.94. The van der Waals surface area contributed by atoms with Crippen LogP contribution in [0.5, 0.6) is 5.75 Å². The molecule has 1 rings (SSSR count). The third-order valence-electron chi connectivity index (χ3n) is 1.66. The summed E-state index contributed by atoms with van der Waals surface area (Å²) in [5, 5.41) is 17.5. The van der Waals surface area contributed by atoms with Gasteiger partial charge < -0.3 is 14.8 Å². The molecule has 8 heteroatoms. The van der Waals surface area contributed by atoms with E-state index in [0.29, 0.717) is 0 Å². The molecule has 0 aliphatic carbocycles. The fourth-order valence-corrected chi connectivity index (χ4v) is 0.985. The second-order valence-electron chi connectivity index (χ2n) is 2.91. The van der Waals surface area contributed by atoms with Crippen LogP contribution in [0.4, 0.5) is 13.2 Å². The zero-order valence-corrected chi connectivity index (χ0v) is 8.53. The lowest BCUT2D eigenvalue weighted by molar-refractivity contribution is -0.198. The van der Waals surface area contributed by atoms with Gasteiger partial charge >= 0.3 is 13.2 Å². The number of halogens is 4. The van der Waals surface area contributed by atoms with Gasteiger partial charge in [-0.05, 0) is 17.6 Å². The van der Waals surface area contributed by atoms with Crippen LogP contribution in [0.15, 0.2) is 24.3 Å². The molecule has 0 aliphatic heterocycles. The SMILES string of the molecule is OB(O)c1cccc(OC(F)(F)C(F)Cl)c1. The fourth-order valence-electron chi connectivity index (χ4n) is 0.940. The Labute approximate surface area is 94.6 Å². The van der Waals surface area contributed by atoms with Crippen LogP contribution >= 0.6 is 11.6 Å². The maximum atomic E-state index is 12.7. The maximum absolute atomic E-state index is 12.7. The maximum Gasteiger partial charge on any atom is 0.488 e. The zero-order chi connectivity index (χ0) is 12.3. The van der Waals surface area contributed by atoms with Crippen molar-refractivity contribution in [3.8, 4) is 5.75 Å². The quantitative estimate of drug-likeness (QED) is 0.619. The minimum atomic E-state index is -4.18. The van der Waals surface area contributed by atoms with Gasteiger partial charge in [0.25, 0.3) is 5.63 Å². The van der Waals surface area contributed by atoms with Crippen molar-refractivity contribution in [2.24, 2.45) is 0 Å². The first-order chi connectivity index (χ1) is 7.33. The number of rotatable bonds is 4. The Morgan fingerprint density at radius 2 is 2.00 bits per heavy atom. The molecule has 1 atom stereocenters. The van der Waals surface area contributed by atoms with Crippen molar-refractivity contribution >= 4 is 24.2 Å². The van der Waals surface area contributed by atoms with E-state index in [4.69, 9.17) is 10.0 Å². The summed E-state index contributed by atoms with van der Waals surface area (Å²) in [4.78, 5) is 0. The second-order valence-corrected chi connectivity index (χ2v) is 3.29. The predicted molar refractivity (Wildman–Crippen MR) is 52.6 cm³/mol. The normalized spacial score (nSPS) is 13.4. The Kier molecular flexibility index (Phi) is 4.06. The number of hydrogen-bond donors (Lipinski definition) is 2. The summed E-state index contributed by atoms with van der Waals surface area (Å²) < 4.78 is 41.6. The van der Waals surface area contributed by atoms with Crippen molar-refractivity contribution in [1.29, 1.82) is 0 Å². The first kappa shape index (κ1) is 13.2. The minimum Gasteiger partial charge on any atom is -0.429 e. The van der Waals surface area contributed by atoms with Crippen LogP contribution in [0, 0.1) is 0 Å². The molecule has 0 amide bonds. The smallest absolute Gasteiger partial charge is 0.429 e. The summed E-state index contributed by atoms with van der Waals surface area (Å²) in [6, 6.07) is 4.59. The predicted octanol–water partition coefficient (Wildman–Crippen LogP) is 0.872. The average molecular weight is 254 g/mol. The van der Waals surface area contributed by atoms with E-state index in [1.165, 1.54) is 12.1 Å². The summed E-state index contributed by atoms with van der Waals surface area (Å²) in [5.41, 5.74) is -3.05. The number of hydrogen-bond acceptors (Lipinski definition) is 3. The van der Waals surface area contributed by atoms with Crippen LogP contribution < -0.4 is 10.2 Å². The van der Waals surface area contributed by atoms with E-state index in [0.717, 1.165) is 12.1 Å². The van der Waals surface area contributed by atoms with Crippen LogP contribution in [-0.4, -0.2) is 28.9 Å². The largest absolute Gasteiger partial charge is 0.488 e. The Hall–Kier alpha value is -0.915. The molecule has 0 bridgehead atoms. The molecule has 1 aromatic carbocycles. The minimum absolute atomic E-state index is 0.0571. The van der Waals surface area contributed by atoms with Crippen LogP contribution in [0.1, 0.15) is 0 Å². The molecular weight excluding hydrogens is 247 g/mol. The summed E-state index contributed by atoms with van der Waals surface area (Å²) in [6.07, 6.45) is -4.18. The highest BCUT2D eigenvalue weighted by atomic mass is 35.5. The number of ether oxygens (including phenoxy) is 1. The number of benzene rings is 1. The molecule has 0 heterocycles. The van der Waals surface area contributed by atoms with Crippen LogP contribution in [0.25, 0.3) is 0 Å². The van der Waals surface area contributed by atoms with E-state index in [1.807, 2.05) is 0 Å². The van der Waals surface area contributed by atoms with E-state index >= 15 is 0 Å². The highest BCUT2D eigenvalue weighted by Gasteiger charge is 2.42. The van der Waals surface area contributed by atoms with E-state index in [1.54, 1.807) is 0 Å². The Morgan fingerprint density at radius 1 is 1.38 bits per heavy atom. The van der Waals surface area contributed by atoms with Crippen molar-refractivity contribution < 1.29 is 28.0 Å². The average Bonchev–Trinajstić information content (AvgIpc) is 2.17. The first-order valence-corrected chi connectivity index (χ1v) is 4.57. The van der Waals surface area contributed by atoms with Gasteiger partial charge in [-0.25, -0.2) is 4.39 Å². The van der Waals surface area contributed by atoms with Gasteiger partial charge in [0.15, 0.2) is 0 Å². The third-order valence-corrected chi connectivity index (χ3v) is 1.92. The summed E-state index contributed by atoms with van der Waals surface area (Å²) >= 11 is 4.58. The summed E-state index contributed by atoms with van der Waals surface area (Å²) in [5.74, 6) is -0.418. The van der Waals surface area contributed by atoms with E-state index in [2.05, 4.69) is 16.3 Å². The first-order valence-electron chi connectivity index (χ1n) is 4.14. The molecule has 3 nitrogen and oxygen atoms in total. The Bertz CT molecular complexity index is 362. The topological polar surface area (TPSA) is 49.7 Å². The highest BCUT2D eigenvalue weighted by molar-refractivity contribution is 6.58. The molecular formula is C8H7BClF3O3. The molecule has 0 radical (unpaired) electrons. The van der Waals surface area contributed by atoms with Gasteiger partial charge in [-0.1, -0.05) is 23.7 Å². The number of alkyl halides is 4. The molecule has 0 saturated carbocycles. The molecule has 0 spiro atoms. The third kappa shape index (κ3) is 3.29. The van der Waals surface area contributed by atoms with Crippen molar-refractivity contribution in [2.45, 2.75) is 11.7 Å². The molecule has 0 fully saturated rings. The van der Waals surface area contributed by atoms with E-state index in [-0.39, 0.29) is 5.46 Å². The highest BCUT2D eigenvalue weighted by Crippen LogP contribution is 2.28. The van der Waals surface area contributed by atoms with E-state index < -0.39 is 24.6 Å². The standard InChI is InChI=1S/C8H7BClF3O3/c10-7(11)8(12,13)16-6-3-1-2-5(4-6)9(14)15/h1-4,7,14-15H. The van der Waals surface area contributed by atoms with Crippen molar-refractivity contribution in [3.63, 3.8) is 0 Å². The Morgan fingerprint density at radius 3 is 2.50 bits per heavy atom. The molecule has 0 saturated heterocycles. The van der Waals surface area contributed by atoms with E-state index in [9.17, 15) is 13.2 Å². The van der Waals surface area contributed by atoms with Gasteiger partial charge in [-0.3, -0.25) is 0 Å². The monoisotopic (exact) mass is 254 g/mol. The van der Waals surface area contributed by atoms with Crippen molar-refractivity contribution in [1.82, 2.24) is 0 Å². The zero-order valence-electron chi connectivity index (χ0n) is 7.78. The molecule has 0 aliphatic rings. The lowest BCUT2D eigenvalue weighted by atomic mass is 9.80. The molecule has 1 unspecified atom stereocenters. The van der Waals surface area contributed by atoms with Gasteiger partial charge in [0.1, 0.15) is 5.75 Å². The summed E-state index contributed by atoms with van der Waals surface area (Å²) in [7, 11) is -1.82. The Balaban J connectivity index is 2.86. The van der Waals surface area contributed by atoms with Gasteiger partial charge in [0.2, 0.25) is 0 Å². The van der Waals surface area contributed by atoms with Crippen LogP contribution in [0.3, 0.4) is 0 Å². The van der Waals surface area contributed by atoms with Crippen molar-refractivity contribution in [3.05, 3.63) is 24.3 Å². The van der Waals surface area contributed by atoms with Crippen molar-refractivity contribution in [2.75, 3.05) is 0 Å². The molecule has 0 aromatic heterocycles. The van der Waals surface area contributed by atoms with Gasteiger partial charge in [0, 0.05) is 0 Å². The molecule has 16 heavy (non-hydrogen) atoms. The lowest BCUT2D eigenvalue weighted by Crippen LogP contribution is -2.34. The fraction of sp³-hybridized carbons (Fsp3) is 0.250.